The highest BCUT2D eigenvalue weighted by molar-refractivity contribution is 6.31. The van der Waals surface area contributed by atoms with Gasteiger partial charge in [-0.25, -0.2) is 13.9 Å². The average Bonchev–Trinajstić information content (AvgIpc) is 2.58. The molecule has 0 bridgehead atoms. The highest BCUT2D eigenvalue weighted by Gasteiger charge is 2.19. The van der Waals surface area contributed by atoms with Gasteiger partial charge in [0.2, 0.25) is 0 Å². The van der Waals surface area contributed by atoms with Crippen molar-refractivity contribution in [2.75, 3.05) is 5.32 Å². The van der Waals surface area contributed by atoms with Gasteiger partial charge in [0, 0.05) is 12.7 Å². The molecule has 5 nitrogen and oxygen atoms in total. The van der Waals surface area contributed by atoms with E-state index in [2.05, 4.69) is 5.32 Å². The third kappa shape index (κ3) is 2.53. The maximum Gasteiger partial charge on any atom is 0.370 e. The lowest BCUT2D eigenvalue weighted by Crippen LogP contribution is -2.19. The summed E-state index contributed by atoms with van der Waals surface area (Å²) in [6, 6.07) is 3.73. The highest BCUT2D eigenvalue weighted by atomic mass is 35.5. The van der Waals surface area contributed by atoms with E-state index in [0.29, 0.717) is 11.4 Å². The van der Waals surface area contributed by atoms with E-state index < -0.39 is 17.3 Å². The standard InChI is InChI=1S/C12H10ClFN2O3/c1-6-10(12(18)19-16(6)2)11(17)15-7-3-4-9(14)8(13)5-7/h3-5H,1-2H3,(H,15,17). The summed E-state index contributed by atoms with van der Waals surface area (Å²) in [5.41, 5.74) is -0.136. The van der Waals surface area contributed by atoms with Crippen LogP contribution < -0.4 is 10.9 Å². The predicted molar refractivity (Wildman–Crippen MR) is 68.0 cm³/mol. The number of nitrogens with zero attached hydrogens (tertiary/aromatic N) is 1. The molecule has 2 rings (SSSR count). The monoisotopic (exact) mass is 284 g/mol. The number of aromatic nitrogens is 1. The van der Waals surface area contributed by atoms with Crippen molar-refractivity contribution in [2.45, 2.75) is 6.92 Å². The first kappa shape index (κ1) is 13.4. The smallest absolute Gasteiger partial charge is 0.336 e. The van der Waals surface area contributed by atoms with Gasteiger partial charge in [-0.05, 0) is 25.1 Å². The second kappa shape index (κ2) is 4.89. The molecule has 1 heterocycles. The van der Waals surface area contributed by atoms with Crippen LogP contribution in [0.15, 0.2) is 27.5 Å². The lowest BCUT2D eigenvalue weighted by molar-refractivity contribution is 0.102. The van der Waals surface area contributed by atoms with Crippen molar-refractivity contribution in [1.82, 2.24) is 4.74 Å². The van der Waals surface area contributed by atoms with Gasteiger partial charge in [-0.15, -0.1) is 0 Å². The molecular formula is C12H10ClFN2O3. The van der Waals surface area contributed by atoms with Gasteiger partial charge in [-0.3, -0.25) is 4.79 Å². The second-order valence-corrected chi connectivity index (χ2v) is 4.33. The van der Waals surface area contributed by atoms with E-state index in [1.807, 2.05) is 0 Å². The van der Waals surface area contributed by atoms with Crippen LogP contribution in [-0.2, 0) is 7.05 Å². The zero-order valence-corrected chi connectivity index (χ0v) is 10.9. The van der Waals surface area contributed by atoms with E-state index in [-0.39, 0.29) is 10.6 Å². The Hall–Kier alpha value is -2.08. The van der Waals surface area contributed by atoms with E-state index in [1.54, 1.807) is 6.92 Å². The number of rotatable bonds is 2. The van der Waals surface area contributed by atoms with Gasteiger partial charge in [0.15, 0.2) is 0 Å². The van der Waals surface area contributed by atoms with Crippen molar-refractivity contribution >= 4 is 23.2 Å². The fourth-order valence-electron chi connectivity index (χ4n) is 1.57. The predicted octanol–water partition coefficient (Wildman–Crippen LogP) is 2.33. The molecule has 100 valence electrons. The minimum atomic E-state index is -0.731. The molecule has 0 radical (unpaired) electrons. The van der Waals surface area contributed by atoms with Gasteiger partial charge in [0.25, 0.3) is 5.91 Å². The first-order chi connectivity index (χ1) is 8.90. The number of amides is 1. The summed E-state index contributed by atoms with van der Waals surface area (Å²) >= 11 is 5.60. The topological polar surface area (TPSA) is 64.2 Å². The van der Waals surface area contributed by atoms with Gasteiger partial charge in [-0.2, -0.15) is 0 Å². The van der Waals surface area contributed by atoms with Crippen LogP contribution in [0, 0.1) is 12.7 Å². The third-order valence-electron chi connectivity index (χ3n) is 2.66. The van der Waals surface area contributed by atoms with Crippen LogP contribution in [-0.4, -0.2) is 10.6 Å². The lowest BCUT2D eigenvalue weighted by atomic mass is 10.2. The number of carbonyl (C=O) groups excluding carboxylic acids is 1. The molecule has 1 aromatic carbocycles. The molecule has 0 atom stereocenters. The van der Waals surface area contributed by atoms with E-state index in [4.69, 9.17) is 16.1 Å². The number of halogens is 2. The third-order valence-corrected chi connectivity index (χ3v) is 2.95. The Morgan fingerprint density at radius 1 is 1.47 bits per heavy atom. The maximum atomic E-state index is 13.0. The Morgan fingerprint density at radius 2 is 2.16 bits per heavy atom. The first-order valence-corrected chi connectivity index (χ1v) is 5.71. The molecule has 7 heteroatoms. The highest BCUT2D eigenvalue weighted by Crippen LogP contribution is 2.19. The number of hydrogen-bond donors (Lipinski definition) is 1. The maximum absolute atomic E-state index is 13.0. The normalized spacial score (nSPS) is 10.5. The molecule has 19 heavy (non-hydrogen) atoms. The first-order valence-electron chi connectivity index (χ1n) is 5.33. The van der Waals surface area contributed by atoms with Crippen LogP contribution in [0.1, 0.15) is 16.1 Å². The minimum Gasteiger partial charge on any atom is -0.336 e. The quantitative estimate of drug-likeness (QED) is 0.920. The fraction of sp³-hybridized carbons (Fsp3) is 0.167. The second-order valence-electron chi connectivity index (χ2n) is 3.92. The number of nitrogens with one attached hydrogen (secondary N) is 1. The molecule has 0 aliphatic carbocycles. The van der Waals surface area contributed by atoms with E-state index >= 15 is 0 Å². The summed E-state index contributed by atoms with van der Waals surface area (Å²) in [4.78, 5) is 23.4. The van der Waals surface area contributed by atoms with Gasteiger partial charge in [-0.1, -0.05) is 11.6 Å². The van der Waals surface area contributed by atoms with Crippen molar-refractivity contribution in [3.8, 4) is 0 Å². The van der Waals surface area contributed by atoms with Crippen molar-refractivity contribution in [3.05, 3.63) is 50.7 Å². The van der Waals surface area contributed by atoms with Gasteiger partial charge >= 0.3 is 5.63 Å². The van der Waals surface area contributed by atoms with Crippen molar-refractivity contribution in [3.63, 3.8) is 0 Å². The van der Waals surface area contributed by atoms with Crippen molar-refractivity contribution in [1.29, 1.82) is 0 Å². The molecule has 1 aromatic heterocycles. The van der Waals surface area contributed by atoms with Crippen molar-refractivity contribution < 1.29 is 13.7 Å². The van der Waals surface area contributed by atoms with Crippen LogP contribution >= 0.6 is 11.6 Å². The molecule has 0 aliphatic heterocycles. The van der Waals surface area contributed by atoms with Gasteiger partial charge in [0.1, 0.15) is 11.4 Å². The van der Waals surface area contributed by atoms with E-state index in [1.165, 1.54) is 23.9 Å². The summed E-state index contributed by atoms with van der Waals surface area (Å²) in [5.74, 6) is -1.22. The van der Waals surface area contributed by atoms with Crippen LogP contribution in [0.3, 0.4) is 0 Å². The van der Waals surface area contributed by atoms with Gasteiger partial charge < -0.3 is 9.84 Å². The summed E-state index contributed by atoms with van der Waals surface area (Å²) in [5, 5.41) is 2.34. The number of anilines is 1. The molecule has 1 N–H and O–H groups in total. The number of benzene rings is 1. The van der Waals surface area contributed by atoms with Gasteiger partial charge in [0.05, 0.1) is 10.7 Å². The molecule has 2 aromatic rings. The molecule has 0 unspecified atom stereocenters. The number of aryl methyl sites for hydroxylation is 1. The Kier molecular flexibility index (Phi) is 3.44. The molecule has 0 saturated carbocycles. The van der Waals surface area contributed by atoms with E-state index in [0.717, 1.165) is 6.07 Å². The zero-order valence-electron chi connectivity index (χ0n) is 10.2. The molecule has 0 fully saturated rings. The SMILES string of the molecule is Cc1c(C(=O)Nc2ccc(F)c(Cl)c2)c(=O)on1C. The Labute approximate surface area is 112 Å². The van der Waals surface area contributed by atoms with Crippen molar-refractivity contribution in [2.24, 2.45) is 7.05 Å². The molecule has 0 spiro atoms. The summed E-state index contributed by atoms with van der Waals surface area (Å²) < 4.78 is 18.9. The summed E-state index contributed by atoms with van der Waals surface area (Å²) in [6.07, 6.45) is 0. The van der Waals surface area contributed by atoms with Crippen LogP contribution in [0.5, 0.6) is 0 Å². The zero-order chi connectivity index (χ0) is 14.2. The molecular weight excluding hydrogens is 275 g/mol. The Morgan fingerprint density at radius 3 is 2.68 bits per heavy atom. The van der Waals surface area contributed by atoms with E-state index in [9.17, 15) is 14.0 Å². The van der Waals surface area contributed by atoms with Crippen LogP contribution in [0.4, 0.5) is 10.1 Å². The fourth-order valence-corrected chi connectivity index (χ4v) is 1.75. The lowest BCUT2D eigenvalue weighted by Gasteiger charge is -2.04. The number of hydrogen-bond acceptors (Lipinski definition) is 3. The molecule has 0 aliphatic rings. The molecule has 1 amide bonds. The Balaban J connectivity index is 2.31. The summed E-state index contributed by atoms with van der Waals surface area (Å²) in [6.45, 7) is 1.58. The minimum absolute atomic E-state index is 0.0945. The summed E-state index contributed by atoms with van der Waals surface area (Å²) in [7, 11) is 1.52. The van der Waals surface area contributed by atoms with Crippen LogP contribution in [0.2, 0.25) is 5.02 Å². The molecule has 0 saturated heterocycles. The van der Waals surface area contributed by atoms with Crippen LogP contribution in [0.25, 0.3) is 0 Å². The largest absolute Gasteiger partial charge is 0.370 e. The Bertz CT molecular complexity index is 705. The number of carbonyl (C=O) groups is 1. The average molecular weight is 285 g/mol.